The van der Waals surface area contributed by atoms with E-state index in [-0.39, 0.29) is 5.41 Å². The lowest BCUT2D eigenvalue weighted by Crippen LogP contribution is -2.53. The second kappa shape index (κ2) is 7.83. The van der Waals surface area contributed by atoms with Gasteiger partial charge in [-0.2, -0.15) is 0 Å². The first-order valence-electron chi connectivity index (χ1n) is 12.4. The second-order valence-corrected chi connectivity index (χ2v) is 11.9. The highest BCUT2D eigenvalue weighted by atomic mass is 16.3. The van der Waals surface area contributed by atoms with Crippen LogP contribution in [0.25, 0.3) is 0 Å². The van der Waals surface area contributed by atoms with Gasteiger partial charge in [-0.15, -0.1) is 0 Å². The Hall–Kier alpha value is -0.600. The molecule has 4 aliphatic rings. The summed E-state index contributed by atoms with van der Waals surface area (Å²) in [7, 11) is 0. The minimum atomic E-state index is -0.558. The average molecular weight is 401 g/mol. The van der Waals surface area contributed by atoms with Crippen molar-refractivity contribution in [1.82, 2.24) is 0 Å². The van der Waals surface area contributed by atoms with E-state index in [4.69, 9.17) is 0 Å². The van der Waals surface area contributed by atoms with E-state index < -0.39 is 12.2 Å². The van der Waals surface area contributed by atoms with E-state index in [1.807, 2.05) is 0 Å². The van der Waals surface area contributed by atoms with Gasteiger partial charge in [0, 0.05) is 0 Å². The standard InChI is InChI=1S/C27H44O2/c1-17(2)7-6-8-18(3)21-11-12-22-20-10-9-19-15-24(28)25(29)16-27(19,5)23(20)13-14-26(21,22)4/h7,9,18,20-25,28-29H,6,8,10-16H2,1-5H3/t18-,20+,21-,22+,23+,24-,25-,26-,27+/m1/s1. The molecule has 9 atom stereocenters. The Kier molecular flexibility index (Phi) is 5.84. The van der Waals surface area contributed by atoms with E-state index in [1.165, 1.54) is 56.1 Å². The number of fused-ring (bicyclic) bond motifs is 5. The van der Waals surface area contributed by atoms with Gasteiger partial charge in [-0.25, -0.2) is 0 Å². The van der Waals surface area contributed by atoms with Gasteiger partial charge in [-0.1, -0.05) is 44.1 Å². The molecule has 0 aromatic rings. The molecule has 3 fully saturated rings. The second-order valence-electron chi connectivity index (χ2n) is 11.9. The molecular formula is C27H44O2. The Morgan fingerprint density at radius 2 is 1.90 bits per heavy atom. The van der Waals surface area contributed by atoms with Crippen molar-refractivity contribution in [2.75, 3.05) is 0 Å². The van der Waals surface area contributed by atoms with Gasteiger partial charge in [0.25, 0.3) is 0 Å². The molecule has 29 heavy (non-hydrogen) atoms. The van der Waals surface area contributed by atoms with E-state index >= 15 is 0 Å². The minimum absolute atomic E-state index is 0.107. The topological polar surface area (TPSA) is 40.5 Å². The summed E-state index contributed by atoms with van der Waals surface area (Å²) >= 11 is 0. The van der Waals surface area contributed by atoms with E-state index in [1.54, 1.807) is 0 Å². The third-order valence-electron chi connectivity index (χ3n) is 10.1. The van der Waals surface area contributed by atoms with Crippen LogP contribution in [0.1, 0.15) is 92.4 Å². The van der Waals surface area contributed by atoms with Crippen LogP contribution in [0, 0.1) is 40.4 Å². The van der Waals surface area contributed by atoms with Crippen LogP contribution in [0.15, 0.2) is 23.3 Å². The smallest absolute Gasteiger partial charge is 0.0836 e. The van der Waals surface area contributed by atoms with Crippen molar-refractivity contribution in [2.24, 2.45) is 40.4 Å². The van der Waals surface area contributed by atoms with E-state index in [0.29, 0.717) is 17.8 Å². The molecular weight excluding hydrogens is 356 g/mol. The Balaban J connectivity index is 1.52. The van der Waals surface area contributed by atoms with Crippen LogP contribution in [0.2, 0.25) is 0 Å². The molecule has 2 nitrogen and oxygen atoms in total. The van der Waals surface area contributed by atoms with Crippen LogP contribution < -0.4 is 0 Å². The predicted molar refractivity (Wildman–Crippen MR) is 120 cm³/mol. The van der Waals surface area contributed by atoms with Crippen LogP contribution in [0.4, 0.5) is 0 Å². The summed E-state index contributed by atoms with van der Waals surface area (Å²) in [5.41, 5.74) is 3.51. The molecule has 4 rings (SSSR count). The Morgan fingerprint density at radius 1 is 1.14 bits per heavy atom. The molecule has 0 aromatic heterocycles. The first kappa shape index (κ1) is 21.6. The Labute approximate surface area is 178 Å². The fraction of sp³-hybridized carbons (Fsp3) is 0.852. The highest BCUT2D eigenvalue weighted by Crippen LogP contribution is 2.67. The third-order valence-corrected chi connectivity index (χ3v) is 10.1. The van der Waals surface area contributed by atoms with Crippen molar-refractivity contribution in [2.45, 2.75) is 105 Å². The predicted octanol–water partition coefficient (Wildman–Crippen LogP) is 6.28. The number of aliphatic hydroxyl groups is 2. The molecule has 2 N–H and O–H groups in total. The number of hydrogen-bond acceptors (Lipinski definition) is 2. The summed E-state index contributed by atoms with van der Waals surface area (Å²) in [6.45, 7) is 12.0. The Morgan fingerprint density at radius 3 is 2.62 bits per heavy atom. The zero-order chi connectivity index (χ0) is 21.0. The summed E-state index contributed by atoms with van der Waals surface area (Å²) in [5.74, 6) is 4.00. The fourth-order valence-corrected chi connectivity index (χ4v) is 8.50. The van der Waals surface area contributed by atoms with Gasteiger partial charge in [0.1, 0.15) is 0 Å². The maximum Gasteiger partial charge on any atom is 0.0836 e. The largest absolute Gasteiger partial charge is 0.390 e. The fourth-order valence-electron chi connectivity index (χ4n) is 8.50. The highest BCUT2D eigenvalue weighted by Gasteiger charge is 2.59. The maximum atomic E-state index is 10.5. The van der Waals surface area contributed by atoms with E-state index in [0.717, 1.165) is 30.1 Å². The number of rotatable bonds is 4. The molecule has 0 aromatic carbocycles. The van der Waals surface area contributed by atoms with Gasteiger partial charge in [-0.05, 0) is 112 Å². The summed E-state index contributed by atoms with van der Waals surface area (Å²) in [6, 6.07) is 0. The van der Waals surface area contributed by atoms with Crippen LogP contribution >= 0.6 is 0 Å². The van der Waals surface area contributed by atoms with Crippen molar-refractivity contribution in [3.05, 3.63) is 23.3 Å². The molecule has 3 saturated carbocycles. The number of allylic oxidation sites excluding steroid dienone is 3. The maximum absolute atomic E-state index is 10.5. The molecule has 0 heterocycles. The average Bonchev–Trinajstić information content (AvgIpc) is 3.00. The summed E-state index contributed by atoms with van der Waals surface area (Å²) in [4.78, 5) is 0. The normalized spacial score (nSPS) is 47.5. The summed E-state index contributed by atoms with van der Waals surface area (Å²) in [5, 5.41) is 20.7. The molecule has 4 aliphatic carbocycles. The van der Waals surface area contributed by atoms with Gasteiger partial charge in [0.05, 0.1) is 12.2 Å². The minimum Gasteiger partial charge on any atom is -0.390 e. The quantitative estimate of drug-likeness (QED) is 0.545. The van der Waals surface area contributed by atoms with Gasteiger partial charge >= 0.3 is 0 Å². The number of hydrogen-bond donors (Lipinski definition) is 2. The van der Waals surface area contributed by atoms with E-state index in [2.05, 4.69) is 46.8 Å². The summed E-state index contributed by atoms with van der Waals surface area (Å²) < 4.78 is 0. The van der Waals surface area contributed by atoms with Crippen LogP contribution in [0.3, 0.4) is 0 Å². The Bertz CT molecular complexity index is 674. The van der Waals surface area contributed by atoms with Gasteiger partial charge in [-0.3, -0.25) is 0 Å². The molecule has 164 valence electrons. The SMILES string of the molecule is CC(C)=CCC[C@@H](C)[C@H]1CC[C@H]2[C@@H]3CC=C4C[C@@H](O)[C@H](O)C[C@]4(C)[C@H]3CC[C@]12C. The molecule has 2 heteroatoms. The van der Waals surface area contributed by atoms with Crippen LogP contribution in [0.5, 0.6) is 0 Å². The zero-order valence-electron chi connectivity index (χ0n) is 19.5. The molecule has 0 unspecified atom stereocenters. The zero-order valence-corrected chi connectivity index (χ0v) is 19.5. The molecule has 0 saturated heterocycles. The third kappa shape index (κ3) is 3.57. The van der Waals surface area contributed by atoms with Crippen molar-refractivity contribution in [3.63, 3.8) is 0 Å². The van der Waals surface area contributed by atoms with Crippen molar-refractivity contribution < 1.29 is 10.2 Å². The van der Waals surface area contributed by atoms with Crippen molar-refractivity contribution in [1.29, 1.82) is 0 Å². The van der Waals surface area contributed by atoms with Crippen LogP contribution in [-0.2, 0) is 0 Å². The molecule has 0 radical (unpaired) electrons. The van der Waals surface area contributed by atoms with Gasteiger partial charge < -0.3 is 10.2 Å². The summed E-state index contributed by atoms with van der Waals surface area (Å²) in [6.07, 6.45) is 14.5. The lowest BCUT2D eigenvalue weighted by Gasteiger charge is -2.59. The first-order valence-corrected chi connectivity index (χ1v) is 12.4. The molecule has 0 bridgehead atoms. The highest BCUT2D eigenvalue weighted by molar-refractivity contribution is 5.26. The number of aliphatic hydroxyl groups excluding tert-OH is 2. The van der Waals surface area contributed by atoms with Crippen molar-refractivity contribution in [3.8, 4) is 0 Å². The van der Waals surface area contributed by atoms with Gasteiger partial charge in [0.2, 0.25) is 0 Å². The molecule has 0 spiro atoms. The molecule has 0 aliphatic heterocycles. The van der Waals surface area contributed by atoms with E-state index in [9.17, 15) is 10.2 Å². The first-order chi connectivity index (χ1) is 13.7. The lowest BCUT2D eigenvalue weighted by atomic mass is 9.46. The molecule has 0 amide bonds. The van der Waals surface area contributed by atoms with Crippen LogP contribution in [-0.4, -0.2) is 22.4 Å². The monoisotopic (exact) mass is 400 g/mol. The van der Waals surface area contributed by atoms with Crippen molar-refractivity contribution >= 4 is 0 Å². The lowest BCUT2D eigenvalue weighted by molar-refractivity contribution is -0.0888. The van der Waals surface area contributed by atoms with Gasteiger partial charge in [0.15, 0.2) is 0 Å².